The van der Waals surface area contributed by atoms with Gasteiger partial charge in [0.1, 0.15) is 6.10 Å². The predicted octanol–water partition coefficient (Wildman–Crippen LogP) is 2.37. The van der Waals surface area contributed by atoms with Crippen molar-refractivity contribution in [2.45, 2.75) is 25.7 Å². The van der Waals surface area contributed by atoms with Gasteiger partial charge in [0, 0.05) is 5.69 Å². The Morgan fingerprint density at radius 1 is 1.47 bits per heavy atom. The lowest BCUT2D eigenvalue weighted by Gasteiger charge is -2.03. The lowest BCUT2D eigenvalue weighted by atomic mass is 10.3. The van der Waals surface area contributed by atoms with Gasteiger partial charge in [-0.1, -0.05) is 25.1 Å². The number of nitrogens with one attached hydrogen (secondary N) is 1. The number of epoxide rings is 1. The van der Waals surface area contributed by atoms with Crippen LogP contribution in [-0.4, -0.2) is 18.5 Å². The standard InChI is InChI=1S/C11H13NO3/c1-2-9-10(14-9)15-11(13)12-8-6-4-3-5-7-8/h3-7,9-10H,2H2,1H3,(H,12,13). The van der Waals surface area contributed by atoms with E-state index in [9.17, 15) is 4.79 Å². The molecule has 0 aliphatic carbocycles. The molecule has 0 bridgehead atoms. The Balaban J connectivity index is 1.79. The molecule has 1 aromatic rings. The van der Waals surface area contributed by atoms with Crippen LogP contribution in [0, 0.1) is 0 Å². The number of rotatable bonds is 3. The molecule has 0 aromatic heterocycles. The molecule has 80 valence electrons. The molecule has 2 rings (SSSR count). The molecule has 1 fully saturated rings. The molecule has 2 unspecified atom stereocenters. The minimum atomic E-state index is -0.470. The molecule has 1 saturated heterocycles. The smallest absolute Gasteiger partial charge is 0.414 e. The second-order valence-electron chi connectivity index (χ2n) is 3.35. The van der Waals surface area contributed by atoms with Crippen LogP contribution in [-0.2, 0) is 9.47 Å². The van der Waals surface area contributed by atoms with Crippen molar-refractivity contribution in [3.8, 4) is 0 Å². The summed E-state index contributed by atoms with van der Waals surface area (Å²) in [6.45, 7) is 1.99. The molecule has 1 aromatic carbocycles. The van der Waals surface area contributed by atoms with Crippen LogP contribution in [0.1, 0.15) is 13.3 Å². The van der Waals surface area contributed by atoms with Gasteiger partial charge in [0.25, 0.3) is 0 Å². The normalized spacial score (nSPS) is 23.3. The van der Waals surface area contributed by atoms with Gasteiger partial charge in [-0.15, -0.1) is 0 Å². The first-order valence-electron chi connectivity index (χ1n) is 4.97. The Kier molecular flexibility index (Phi) is 2.87. The molecule has 1 amide bonds. The van der Waals surface area contributed by atoms with Crippen molar-refractivity contribution in [3.05, 3.63) is 30.3 Å². The topological polar surface area (TPSA) is 50.9 Å². The number of amides is 1. The average Bonchev–Trinajstić information content (AvgIpc) is 2.97. The Bertz CT molecular complexity index is 339. The number of anilines is 1. The summed E-state index contributed by atoms with van der Waals surface area (Å²) in [5.41, 5.74) is 0.719. The minimum absolute atomic E-state index is 0.0755. The lowest BCUT2D eigenvalue weighted by Crippen LogP contribution is -2.16. The van der Waals surface area contributed by atoms with Crippen LogP contribution in [0.15, 0.2) is 30.3 Å². The van der Waals surface area contributed by atoms with E-state index in [1.165, 1.54) is 0 Å². The van der Waals surface area contributed by atoms with E-state index in [1.807, 2.05) is 25.1 Å². The van der Waals surface area contributed by atoms with E-state index in [2.05, 4.69) is 5.32 Å². The van der Waals surface area contributed by atoms with Crippen molar-refractivity contribution in [2.75, 3.05) is 5.32 Å². The Morgan fingerprint density at radius 2 is 2.20 bits per heavy atom. The van der Waals surface area contributed by atoms with Crippen LogP contribution in [0.2, 0.25) is 0 Å². The number of para-hydroxylation sites is 1. The van der Waals surface area contributed by atoms with Crippen molar-refractivity contribution in [1.29, 1.82) is 0 Å². The van der Waals surface area contributed by atoms with Gasteiger partial charge in [0.05, 0.1) is 0 Å². The van der Waals surface area contributed by atoms with E-state index in [4.69, 9.17) is 9.47 Å². The fourth-order valence-electron chi connectivity index (χ4n) is 1.29. The van der Waals surface area contributed by atoms with E-state index in [0.717, 1.165) is 12.1 Å². The molecular formula is C11H13NO3. The predicted molar refractivity (Wildman–Crippen MR) is 55.5 cm³/mol. The van der Waals surface area contributed by atoms with Crippen LogP contribution in [0.5, 0.6) is 0 Å². The Hall–Kier alpha value is -1.55. The van der Waals surface area contributed by atoms with E-state index in [1.54, 1.807) is 12.1 Å². The summed E-state index contributed by atoms with van der Waals surface area (Å²) in [5, 5.41) is 2.62. The molecule has 0 saturated carbocycles. The largest absolute Gasteiger partial charge is 0.416 e. The Labute approximate surface area is 88.2 Å². The van der Waals surface area contributed by atoms with E-state index >= 15 is 0 Å². The van der Waals surface area contributed by atoms with Crippen molar-refractivity contribution in [1.82, 2.24) is 0 Å². The number of carbonyl (C=O) groups excluding carboxylic acids is 1. The van der Waals surface area contributed by atoms with Crippen LogP contribution < -0.4 is 5.32 Å². The monoisotopic (exact) mass is 207 g/mol. The second-order valence-corrected chi connectivity index (χ2v) is 3.35. The second kappa shape index (κ2) is 4.31. The summed E-state index contributed by atoms with van der Waals surface area (Å²) in [6.07, 6.45) is 0.107. The fourth-order valence-corrected chi connectivity index (χ4v) is 1.29. The third-order valence-corrected chi connectivity index (χ3v) is 2.18. The molecule has 1 heterocycles. The molecule has 4 heteroatoms. The third-order valence-electron chi connectivity index (χ3n) is 2.18. The van der Waals surface area contributed by atoms with Gasteiger partial charge in [0.2, 0.25) is 6.29 Å². The van der Waals surface area contributed by atoms with Gasteiger partial charge in [-0.3, -0.25) is 5.32 Å². The number of benzene rings is 1. The van der Waals surface area contributed by atoms with Crippen LogP contribution in [0.25, 0.3) is 0 Å². The first-order valence-corrected chi connectivity index (χ1v) is 4.97. The number of hydrogen-bond donors (Lipinski definition) is 1. The third kappa shape index (κ3) is 2.70. The first-order chi connectivity index (χ1) is 7.29. The molecule has 0 spiro atoms. The number of ether oxygens (including phenoxy) is 2. The summed E-state index contributed by atoms with van der Waals surface area (Å²) < 4.78 is 10.1. The Morgan fingerprint density at radius 3 is 2.80 bits per heavy atom. The molecule has 1 aliphatic rings. The maximum Gasteiger partial charge on any atom is 0.414 e. The molecule has 4 nitrogen and oxygen atoms in total. The zero-order chi connectivity index (χ0) is 10.7. The maximum absolute atomic E-state index is 11.3. The van der Waals surface area contributed by atoms with E-state index in [0.29, 0.717) is 0 Å². The van der Waals surface area contributed by atoms with Crippen LogP contribution >= 0.6 is 0 Å². The zero-order valence-corrected chi connectivity index (χ0v) is 8.47. The van der Waals surface area contributed by atoms with Gasteiger partial charge < -0.3 is 9.47 Å². The highest BCUT2D eigenvalue weighted by molar-refractivity contribution is 5.84. The molecule has 2 atom stereocenters. The van der Waals surface area contributed by atoms with Crippen molar-refractivity contribution in [3.63, 3.8) is 0 Å². The van der Waals surface area contributed by atoms with Crippen LogP contribution in [0.4, 0.5) is 10.5 Å². The van der Waals surface area contributed by atoms with Crippen LogP contribution in [0.3, 0.4) is 0 Å². The summed E-state index contributed by atoms with van der Waals surface area (Å²) in [6, 6.07) is 9.17. The van der Waals surface area contributed by atoms with Crippen molar-refractivity contribution < 1.29 is 14.3 Å². The molecule has 1 N–H and O–H groups in total. The van der Waals surface area contributed by atoms with Crippen molar-refractivity contribution >= 4 is 11.8 Å². The van der Waals surface area contributed by atoms with E-state index < -0.39 is 6.09 Å². The van der Waals surface area contributed by atoms with Gasteiger partial charge >= 0.3 is 6.09 Å². The highest BCUT2D eigenvalue weighted by atomic mass is 16.8. The zero-order valence-electron chi connectivity index (χ0n) is 8.47. The molecule has 15 heavy (non-hydrogen) atoms. The van der Waals surface area contributed by atoms with Gasteiger partial charge in [-0.05, 0) is 18.6 Å². The highest BCUT2D eigenvalue weighted by Gasteiger charge is 2.40. The number of carbonyl (C=O) groups is 1. The van der Waals surface area contributed by atoms with Gasteiger partial charge in [-0.2, -0.15) is 0 Å². The summed E-state index contributed by atoms with van der Waals surface area (Å²) >= 11 is 0. The fraction of sp³-hybridized carbons (Fsp3) is 0.364. The summed E-state index contributed by atoms with van der Waals surface area (Å²) in [4.78, 5) is 11.3. The first kappa shape index (κ1) is 9.98. The lowest BCUT2D eigenvalue weighted by molar-refractivity contribution is 0.104. The van der Waals surface area contributed by atoms with Crippen molar-refractivity contribution in [2.24, 2.45) is 0 Å². The number of hydrogen-bond acceptors (Lipinski definition) is 3. The average molecular weight is 207 g/mol. The highest BCUT2D eigenvalue weighted by Crippen LogP contribution is 2.26. The van der Waals surface area contributed by atoms with Gasteiger partial charge in [-0.25, -0.2) is 4.79 Å². The van der Waals surface area contributed by atoms with E-state index in [-0.39, 0.29) is 12.4 Å². The quantitative estimate of drug-likeness (QED) is 0.774. The molecule has 1 aliphatic heterocycles. The van der Waals surface area contributed by atoms with Gasteiger partial charge in [0.15, 0.2) is 0 Å². The SMILES string of the molecule is CCC1OC1OC(=O)Nc1ccccc1. The molecule has 0 radical (unpaired) electrons. The maximum atomic E-state index is 11.3. The minimum Gasteiger partial charge on any atom is -0.416 e. The molecular weight excluding hydrogens is 194 g/mol. The summed E-state index contributed by atoms with van der Waals surface area (Å²) in [5.74, 6) is 0. The summed E-state index contributed by atoms with van der Waals surface area (Å²) in [7, 11) is 0.